The molecule has 0 fully saturated rings. The monoisotopic (exact) mass is 281 g/mol. The van der Waals surface area contributed by atoms with E-state index >= 15 is 0 Å². The molecule has 112 valence electrons. The summed E-state index contributed by atoms with van der Waals surface area (Å²) in [6, 6.07) is 5.88. The number of hydrazine groups is 1. The number of hydrogen-bond acceptors (Lipinski definition) is 4. The Morgan fingerprint density at radius 2 is 1.95 bits per heavy atom. The number of benzene rings is 1. The number of amides is 1. The average molecular weight is 281 g/mol. The van der Waals surface area contributed by atoms with E-state index in [4.69, 9.17) is 15.7 Å². The predicted octanol–water partition coefficient (Wildman–Crippen LogP) is 1.01. The Labute approximate surface area is 119 Å². The van der Waals surface area contributed by atoms with Crippen molar-refractivity contribution in [3.05, 3.63) is 34.9 Å². The van der Waals surface area contributed by atoms with Crippen LogP contribution in [0.2, 0.25) is 0 Å². The summed E-state index contributed by atoms with van der Waals surface area (Å²) in [6.07, 6.45) is 0. The van der Waals surface area contributed by atoms with Crippen LogP contribution in [-0.4, -0.2) is 24.5 Å². The van der Waals surface area contributed by atoms with Crippen LogP contribution in [0.4, 0.5) is 0 Å². The Morgan fingerprint density at radius 1 is 1.40 bits per heavy atom. The van der Waals surface area contributed by atoms with Crippen molar-refractivity contribution in [2.75, 3.05) is 7.05 Å². The van der Waals surface area contributed by atoms with Crippen LogP contribution in [-0.2, 0) is 16.8 Å². The highest BCUT2D eigenvalue weighted by molar-refractivity contribution is 5.96. The van der Waals surface area contributed by atoms with Gasteiger partial charge in [0.05, 0.1) is 0 Å². The molecule has 6 nitrogen and oxygen atoms in total. The Balaban J connectivity index is 0.00000110. The van der Waals surface area contributed by atoms with E-state index in [0.717, 1.165) is 11.1 Å². The zero-order valence-corrected chi connectivity index (χ0v) is 12.4. The lowest BCUT2D eigenvalue weighted by Gasteiger charge is -2.23. The van der Waals surface area contributed by atoms with Crippen molar-refractivity contribution < 1.29 is 14.7 Å². The van der Waals surface area contributed by atoms with Crippen molar-refractivity contribution in [2.45, 2.75) is 32.7 Å². The molecule has 0 aromatic heterocycles. The van der Waals surface area contributed by atoms with Crippen molar-refractivity contribution in [3.8, 4) is 0 Å². The topological polar surface area (TPSA) is 104 Å². The van der Waals surface area contributed by atoms with Gasteiger partial charge in [0.1, 0.15) is 0 Å². The summed E-state index contributed by atoms with van der Waals surface area (Å²) in [5.41, 5.74) is 5.29. The lowest BCUT2D eigenvalue weighted by atomic mass is 9.83. The largest absolute Gasteiger partial charge is 0.483 e. The van der Waals surface area contributed by atoms with Gasteiger partial charge in [-0.3, -0.25) is 20.9 Å². The molecule has 5 N–H and O–H groups in total. The molecule has 0 aliphatic rings. The summed E-state index contributed by atoms with van der Waals surface area (Å²) in [6.45, 7) is 6.58. The van der Waals surface area contributed by atoms with E-state index in [1.165, 1.54) is 0 Å². The summed E-state index contributed by atoms with van der Waals surface area (Å²) in [7, 11) is 1.64. The van der Waals surface area contributed by atoms with E-state index < -0.39 is 0 Å². The SMILES string of the molecule is CNC(=O)c1cc(CNN)ccc1C(C)(C)C.O=CO. The maximum Gasteiger partial charge on any atom is 0.290 e. The molecule has 1 aromatic carbocycles. The van der Waals surface area contributed by atoms with Gasteiger partial charge in [0.25, 0.3) is 12.4 Å². The highest BCUT2D eigenvalue weighted by Crippen LogP contribution is 2.26. The van der Waals surface area contributed by atoms with Gasteiger partial charge in [-0.25, -0.2) is 0 Å². The molecule has 0 saturated carbocycles. The second-order valence-electron chi connectivity index (χ2n) is 5.20. The highest BCUT2D eigenvalue weighted by Gasteiger charge is 2.21. The first kappa shape index (κ1) is 18.1. The first-order chi connectivity index (χ1) is 9.31. The van der Waals surface area contributed by atoms with Crippen molar-refractivity contribution in [3.63, 3.8) is 0 Å². The van der Waals surface area contributed by atoms with Gasteiger partial charge >= 0.3 is 0 Å². The first-order valence-electron chi connectivity index (χ1n) is 6.18. The van der Waals surface area contributed by atoms with E-state index in [2.05, 4.69) is 31.5 Å². The van der Waals surface area contributed by atoms with Gasteiger partial charge in [-0.2, -0.15) is 0 Å². The molecule has 1 aromatic rings. The summed E-state index contributed by atoms with van der Waals surface area (Å²) in [5.74, 6) is 5.23. The third-order valence-corrected chi connectivity index (χ3v) is 2.67. The third-order valence-electron chi connectivity index (χ3n) is 2.67. The summed E-state index contributed by atoms with van der Waals surface area (Å²) in [5, 5.41) is 9.56. The quantitative estimate of drug-likeness (QED) is 0.376. The molecule has 0 aliphatic heterocycles. The zero-order valence-electron chi connectivity index (χ0n) is 12.4. The molecule has 6 heteroatoms. The van der Waals surface area contributed by atoms with Crippen molar-refractivity contribution in [1.29, 1.82) is 0 Å². The maximum atomic E-state index is 11.9. The van der Waals surface area contributed by atoms with E-state index in [-0.39, 0.29) is 17.8 Å². The Hall–Kier alpha value is -1.92. The van der Waals surface area contributed by atoms with Gasteiger partial charge in [0.2, 0.25) is 0 Å². The number of carboxylic acid groups (broad SMARTS) is 1. The highest BCUT2D eigenvalue weighted by atomic mass is 16.3. The summed E-state index contributed by atoms with van der Waals surface area (Å²) >= 11 is 0. The zero-order chi connectivity index (χ0) is 15.8. The fraction of sp³-hybridized carbons (Fsp3) is 0.429. The number of nitrogens with one attached hydrogen (secondary N) is 2. The smallest absolute Gasteiger partial charge is 0.290 e. The van der Waals surface area contributed by atoms with E-state index in [9.17, 15) is 4.79 Å². The van der Waals surface area contributed by atoms with Gasteiger partial charge in [0.15, 0.2) is 0 Å². The molecule has 0 bridgehead atoms. The second-order valence-corrected chi connectivity index (χ2v) is 5.20. The van der Waals surface area contributed by atoms with E-state index in [1.54, 1.807) is 7.05 Å². The molecule has 0 unspecified atom stereocenters. The van der Waals surface area contributed by atoms with Crippen molar-refractivity contribution >= 4 is 12.4 Å². The van der Waals surface area contributed by atoms with Gasteiger partial charge in [-0.15, -0.1) is 0 Å². The Morgan fingerprint density at radius 3 is 2.35 bits per heavy atom. The van der Waals surface area contributed by atoms with Gasteiger partial charge < -0.3 is 10.4 Å². The number of hydrogen-bond donors (Lipinski definition) is 4. The molecule has 20 heavy (non-hydrogen) atoms. The van der Waals surface area contributed by atoms with Crippen LogP contribution in [0.1, 0.15) is 42.3 Å². The van der Waals surface area contributed by atoms with Crippen LogP contribution in [0.25, 0.3) is 0 Å². The molecule has 1 amide bonds. The van der Waals surface area contributed by atoms with E-state index in [0.29, 0.717) is 12.1 Å². The van der Waals surface area contributed by atoms with Crippen LogP contribution in [0.5, 0.6) is 0 Å². The minimum atomic E-state index is -0.250. The molecule has 0 atom stereocenters. The lowest BCUT2D eigenvalue weighted by molar-refractivity contribution is -0.122. The number of carbonyl (C=O) groups is 2. The molecule has 0 heterocycles. The molecular formula is C14H23N3O3. The number of carbonyl (C=O) groups excluding carboxylic acids is 1. The summed E-state index contributed by atoms with van der Waals surface area (Å²) in [4.78, 5) is 20.2. The van der Waals surface area contributed by atoms with Crippen molar-refractivity contribution in [2.24, 2.45) is 5.84 Å². The molecule has 0 radical (unpaired) electrons. The summed E-state index contributed by atoms with van der Waals surface area (Å²) < 4.78 is 0. The molecular weight excluding hydrogens is 258 g/mol. The third kappa shape index (κ3) is 5.38. The standard InChI is InChI=1S/C13H21N3O.CH2O2/c1-13(2,3)11-6-5-9(8-16-14)7-10(11)12(17)15-4;2-1-3/h5-7,16H,8,14H2,1-4H3,(H,15,17);1H,(H,2,3). The first-order valence-corrected chi connectivity index (χ1v) is 6.18. The van der Waals surface area contributed by atoms with E-state index in [1.807, 2.05) is 18.2 Å². The van der Waals surface area contributed by atoms with Crippen LogP contribution >= 0.6 is 0 Å². The molecule has 1 rings (SSSR count). The Kier molecular flexibility index (Phi) is 7.49. The normalized spacial score (nSPS) is 10.2. The average Bonchev–Trinajstić information content (AvgIpc) is 2.38. The van der Waals surface area contributed by atoms with Crippen LogP contribution in [0.3, 0.4) is 0 Å². The molecule has 0 aliphatic carbocycles. The van der Waals surface area contributed by atoms with Gasteiger partial charge in [-0.1, -0.05) is 32.9 Å². The lowest BCUT2D eigenvalue weighted by Crippen LogP contribution is -2.25. The predicted molar refractivity (Wildman–Crippen MR) is 78.3 cm³/mol. The van der Waals surface area contributed by atoms with Crippen LogP contribution < -0.4 is 16.6 Å². The number of rotatable bonds is 3. The Bertz CT molecular complexity index is 453. The molecule has 0 saturated heterocycles. The second kappa shape index (κ2) is 8.29. The minimum absolute atomic E-state index is 0.0590. The molecule has 0 spiro atoms. The van der Waals surface area contributed by atoms with Crippen LogP contribution in [0.15, 0.2) is 18.2 Å². The minimum Gasteiger partial charge on any atom is -0.483 e. The fourth-order valence-electron chi connectivity index (χ4n) is 1.80. The van der Waals surface area contributed by atoms with Gasteiger partial charge in [-0.05, 0) is 22.6 Å². The van der Waals surface area contributed by atoms with Crippen molar-refractivity contribution in [1.82, 2.24) is 10.7 Å². The van der Waals surface area contributed by atoms with Gasteiger partial charge in [0, 0.05) is 19.2 Å². The number of nitrogens with two attached hydrogens (primary N) is 1. The fourth-order valence-corrected chi connectivity index (χ4v) is 1.80. The van der Waals surface area contributed by atoms with Crippen LogP contribution in [0, 0.1) is 0 Å². The maximum absolute atomic E-state index is 11.9.